The van der Waals surface area contributed by atoms with Crippen LogP contribution in [0.4, 0.5) is 5.82 Å². The van der Waals surface area contributed by atoms with Gasteiger partial charge < -0.3 is 10.1 Å². The number of nitrogens with zero attached hydrogens (tertiary/aromatic N) is 2. The maximum absolute atomic E-state index is 11.5. The van der Waals surface area contributed by atoms with E-state index in [1.807, 2.05) is 0 Å². The Morgan fingerprint density at radius 2 is 2.19 bits per heavy atom. The van der Waals surface area contributed by atoms with Crippen molar-refractivity contribution in [3.05, 3.63) is 28.4 Å². The summed E-state index contributed by atoms with van der Waals surface area (Å²) >= 11 is 0. The Morgan fingerprint density at radius 3 is 2.69 bits per heavy atom. The number of pyridine rings is 1. The van der Waals surface area contributed by atoms with Crippen LogP contribution in [0.5, 0.6) is 0 Å². The van der Waals surface area contributed by atoms with E-state index in [0.29, 0.717) is 0 Å². The first-order valence-electron chi connectivity index (χ1n) is 3.97. The maximum atomic E-state index is 11.5. The van der Waals surface area contributed by atoms with Crippen LogP contribution in [0.1, 0.15) is 6.92 Å². The van der Waals surface area contributed by atoms with Crippen LogP contribution in [-0.4, -0.2) is 24.2 Å². The minimum absolute atomic E-state index is 0.643. The molecule has 0 aliphatic carbocycles. The van der Waals surface area contributed by atoms with Gasteiger partial charge in [0.05, 0.1) is 0 Å². The van der Waals surface area contributed by atoms with Crippen LogP contribution in [0.25, 0.3) is 0 Å². The van der Waals surface area contributed by atoms with E-state index in [4.69, 9.17) is 0 Å². The second-order valence-electron chi connectivity index (χ2n) is 2.74. The lowest BCUT2D eigenvalue weighted by Gasteiger charge is -2.03. The third kappa shape index (κ3) is 2.51. The Kier molecular flexibility index (Phi) is 3.18. The summed E-state index contributed by atoms with van der Waals surface area (Å²) < 4.78 is 24.6. The zero-order valence-corrected chi connectivity index (χ0v) is 8.89. The molecule has 1 amide bonds. The van der Waals surface area contributed by atoms with E-state index in [2.05, 4.69) is 4.98 Å². The van der Waals surface area contributed by atoms with Gasteiger partial charge in [-0.15, -0.1) is 0 Å². The Balaban J connectivity index is 3.33. The number of rotatable bonds is 3. The molecular weight excluding hydrogens is 238 g/mol. The largest absolute Gasteiger partial charge is 0.384 e. The molecule has 1 heterocycles. The van der Waals surface area contributed by atoms with E-state index in [1.165, 1.54) is 6.07 Å². The number of nitro groups is 1. The lowest BCUT2D eigenvalue weighted by Crippen LogP contribution is -2.28. The van der Waals surface area contributed by atoms with Crippen LogP contribution in [0, 0.1) is 10.1 Å². The third-order valence-corrected chi connectivity index (χ3v) is 2.95. The van der Waals surface area contributed by atoms with E-state index in [1.54, 1.807) is 4.72 Å². The minimum atomic E-state index is -4.24. The zero-order valence-electron chi connectivity index (χ0n) is 8.08. The number of carbonyl (C=O) groups excluding carboxylic acids is 1. The van der Waals surface area contributed by atoms with Crippen LogP contribution in [0.15, 0.2) is 23.2 Å². The molecule has 1 rings (SSSR count). The minimum Gasteiger partial charge on any atom is -0.358 e. The molecule has 9 heteroatoms. The molecular formula is C7H7N3O5S. The summed E-state index contributed by atoms with van der Waals surface area (Å²) in [5.41, 5.74) is 0. The standard InChI is InChI=1S/C7H7N3O5S/c1-5(11)9-16(14,15)6-3-2-4-8-7(6)10(12)13/h2-4H,1H3,(H,9,11). The quantitative estimate of drug-likeness (QED) is 0.582. The summed E-state index contributed by atoms with van der Waals surface area (Å²) in [5, 5.41) is 10.5. The molecule has 8 nitrogen and oxygen atoms in total. The molecule has 0 spiro atoms. The van der Waals surface area contributed by atoms with Gasteiger partial charge in [-0.3, -0.25) is 4.79 Å². The highest BCUT2D eigenvalue weighted by Crippen LogP contribution is 2.19. The SMILES string of the molecule is CC(=O)NS(=O)(=O)c1cccnc1[N+](=O)[O-]. The molecule has 1 N–H and O–H groups in total. The van der Waals surface area contributed by atoms with Crippen molar-refractivity contribution in [3.63, 3.8) is 0 Å². The van der Waals surface area contributed by atoms with Crippen molar-refractivity contribution in [2.75, 3.05) is 0 Å². The fraction of sp³-hybridized carbons (Fsp3) is 0.143. The van der Waals surface area contributed by atoms with E-state index in [0.717, 1.165) is 19.2 Å². The highest BCUT2D eigenvalue weighted by atomic mass is 32.2. The number of carbonyl (C=O) groups is 1. The van der Waals surface area contributed by atoms with Gasteiger partial charge in [0.15, 0.2) is 4.90 Å². The van der Waals surface area contributed by atoms with Crippen molar-refractivity contribution in [3.8, 4) is 0 Å². The topological polar surface area (TPSA) is 119 Å². The van der Waals surface area contributed by atoms with Gasteiger partial charge in [0.25, 0.3) is 10.0 Å². The lowest BCUT2D eigenvalue weighted by molar-refractivity contribution is -0.392. The van der Waals surface area contributed by atoms with Gasteiger partial charge in [-0.1, -0.05) is 0 Å². The first-order valence-corrected chi connectivity index (χ1v) is 5.45. The van der Waals surface area contributed by atoms with Crippen LogP contribution < -0.4 is 4.72 Å². The molecule has 0 aliphatic rings. The molecule has 0 bridgehead atoms. The number of aromatic nitrogens is 1. The Bertz CT molecular complexity index is 539. The number of sulfonamides is 1. The highest BCUT2D eigenvalue weighted by molar-refractivity contribution is 7.90. The molecule has 1 aromatic rings. The van der Waals surface area contributed by atoms with Crippen molar-refractivity contribution in [2.45, 2.75) is 11.8 Å². The van der Waals surface area contributed by atoms with Gasteiger partial charge in [0, 0.05) is 6.92 Å². The number of amides is 1. The molecule has 1 aromatic heterocycles. The molecule has 0 saturated heterocycles. The van der Waals surface area contributed by atoms with Gasteiger partial charge in [0.2, 0.25) is 5.91 Å². The van der Waals surface area contributed by atoms with Crippen LogP contribution in [-0.2, 0) is 14.8 Å². The fourth-order valence-corrected chi connectivity index (χ4v) is 2.09. The molecule has 0 unspecified atom stereocenters. The molecule has 0 aliphatic heterocycles. The first-order chi connectivity index (χ1) is 7.34. The summed E-state index contributed by atoms with van der Waals surface area (Å²) in [6, 6.07) is 2.22. The van der Waals surface area contributed by atoms with E-state index >= 15 is 0 Å². The summed E-state index contributed by atoms with van der Waals surface area (Å²) in [4.78, 5) is 22.9. The Labute approximate surface area is 90.5 Å². The van der Waals surface area contributed by atoms with Crippen LogP contribution in [0.2, 0.25) is 0 Å². The van der Waals surface area contributed by atoms with E-state index in [9.17, 15) is 23.3 Å². The van der Waals surface area contributed by atoms with E-state index in [-0.39, 0.29) is 0 Å². The molecule has 0 aromatic carbocycles. The summed E-state index contributed by atoms with van der Waals surface area (Å²) in [7, 11) is -4.24. The molecule has 0 radical (unpaired) electrons. The van der Waals surface area contributed by atoms with Gasteiger partial charge >= 0.3 is 5.82 Å². The van der Waals surface area contributed by atoms with Gasteiger partial charge in [-0.2, -0.15) is 0 Å². The van der Waals surface area contributed by atoms with Crippen molar-refractivity contribution in [2.24, 2.45) is 0 Å². The predicted octanol–water partition coefficient (Wildman–Crippen LogP) is -0.185. The van der Waals surface area contributed by atoms with Gasteiger partial charge in [-0.25, -0.2) is 13.1 Å². The molecule has 0 fully saturated rings. The maximum Gasteiger partial charge on any atom is 0.384 e. The average Bonchev–Trinajstić information content (AvgIpc) is 2.15. The monoisotopic (exact) mass is 245 g/mol. The van der Waals surface area contributed by atoms with Crippen molar-refractivity contribution in [1.82, 2.24) is 9.71 Å². The van der Waals surface area contributed by atoms with Gasteiger partial charge in [0.1, 0.15) is 6.20 Å². The highest BCUT2D eigenvalue weighted by Gasteiger charge is 2.27. The smallest absolute Gasteiger partial charge is 0.358 e. The molecule has 0 saturated carbocycles. The molecule has 86 valence electrons. The predicted molar refractivity (Wildman–Crippen MR) is 51.9 cm³/mol. The number of nitrogens with one attached hydrogen (secondary N) is 1. The summed E-state index contributed by atoms with van der Waals surface area (Å²) in [5.74, 6) is -1.66. The van der Waals surface area contributed by atoms with Crippen molar-refractivity contribution < 1.29 is 18.1 Å². The Hall–Kier alpha value is -2.03. The van der Waals surface area contributed by atoms with Gasteiger partial charge in [-0.05, 0) is 22.0 Å². The number of hydrogen-bond donors (Lipinski definition) is 1. The first kappa shape index (κ1) is 12.0. The van der Waals surface area contributed by atoms with Crippen molar-refractivity contribution in [1.29, 1.82) is 0 Å². The second kappa shape index (κ2) is 4.23. The Morgan fingerprint density at radius 1 is 1.56 bits per heavy atom. The zero-order chi connectivity index (χ0) is 12.3. The summed E-state index contributed by atoms with van der Waals surface area (Å²) in [6.45, 7) is 0.986. The average molecular weight is 245 g/mol. The van der Waals surface area contributed by atoms with Crippen LogP contribution in [0.3, 0.4) is 0 Å². The lowest BCUT2D eigenvalue weighted by atomic mass is 10.5. The second-order valence-corrected chi connectivity index (χ2v) is 4.39. The third-order valence-electron chi connectivity index (χ3n) is 1.49. The summed E-state index contributed by atoms with van der Waals surface area (Å²) in [6.07, 6.45) is 1.09. The molecule has 0 atom stereocenters. The normalized spacial score (nSPS) is 10.8. The van der Waals surface area contributed by atoms with Crippen molar-refractivity contribution >= 4 is 21.7 Å². The molecule has 16 heavy (non-hydrogen) atoms. The fourth-order valence-electron chi connectivity index (χ4n) is 0.973. The van der Waals surface area contributed by atoms with Crippen LogP contribution >= 0.6 is 0 Å². The number of hydrogen-bond acceptors (Lipinski definition) is 6. The van der Waals surface area contributed by atoms with E-state index < -0.39 is 31.6 Å².